The first-order valence-electron chi connectivity index (χ1n) is 21.2. The van der Waals surface area contributed by atoms with E-state index in [1.165, 1.54) is 137 Å². The Hall–Kier alpha value is -4.62. The van der Waals surface area contributed by atoms with Gasteiger partial charge in [0.1, 0.15) is 0 Å². The van der Waals surface area contributed by atoms with E-state index in [2.05, 4.69) is 146 Å². The molecule has 0 aromatic heterocycles. The summed E-state index contributed by atoms with van der Waals surface area (Å²) in [5.41, 5.74) is 15.4. The summed E-state index contributed by atoms with van der Waals surface area (Å²) >= 11 is 0. The Morgan fingerprint density at radius 2 is 1.09 bits per heavy atom. The number of rotatable bonds is 6. The van der Waals surface area contributed by atoms with Gasteiger partial charge < -0.3 is 4.90 Å². The molecule has 0 saturated heterocycles. The van der Waals surface area contributed by atoms with Gasteiger partial charge >= 0.3 is 0 Å². The van der Waals surface area contributed by atoms with Crippen LogP contribution in [-0.4, -0.2) is 0 Å². The maximum absolute atomic E-state index is 2.54. The number of fused-ring (bicyclic) bond motifs is 4. The summed E-state index contributed by atoms with van der Waals surface area (Å²) in [5.74, 6) is 3.57. The molecule has 6 aromatic carbocycles. The highest BCUT2D eigenvalue weighted by atomic mass is 15.1. The summed E-state index contributed by atoms with van der Waals surface area (Å²) in [6.45, 7) is 4.89. The molecule has 0 aliphatic heterocycles. The van der Waals surface area contributed by atoms with Gasteiger partial charge in [0.25, 0.3) is 0 Å². The smallest absolute Gasteiger partial charge is 0.0465 e. The molecule has 12 rings (SSSR count). The van der Waals surface area contributed by atoms with Crippen molar-refractivity contribution in [1.82, 2.24) is 0 Å². The Morgan fingerprint density at radius 3 is 1.80 bits per heavy atom. The second-order valence-corrected chi connectivity index (χ2v) is 18.6. The van der Waals surface area contributed by atoms with Gasteiger partial charge in [-0.15, -0.1) is 0 Å². The molecule has 0 atom stereocenters. The predicted molar refractivity (Wildman–Crippen MR) is 227 cm³/mol. The number of benzene rings is 6. The zero-order valence-corrected chi connectivity index (χ0v) is 32.2. The number of hydrogen-bond donors (Lipinski definition) is 0. The summed E-state index contributed by atoms with van der Waals surface area (Å²) in [7, 11) is 0. The third-order valence-corrected chi connectivity index (χ3v) is 15.0. The van der Waals surface area contributed by atoms with Crippen LogP contribution in [0.2, 0.25) is 0 Å². The van der Waals surface area contributed by atoms with Crippen LogP contribution >= 0.6 is 0 Å². The van der Waals surface area contributed by atoms with Crippen LogP contribution in [-0.2, 0) is 10.8 Å². The van der Waals surface area contributed by atoms with Crippen molar-refractivity contribution in [1.29, 1.82) is 0 Å². The summed E-state index contributed by atoms with van der Waals surface area (Å²) in [5, 5.41) is 2.61. The van der Waals surface area contributed by atoms with E-state index >= 15 is 0 Å². The largest absolute Gasteiger partial charge is 0.310 e. The minimum atomic E-state index is -0.160. The molecule has 0 radical (unpaired) electrons. The van der Waals surface area contributed by atoms with Crippen molar-refractivity contribution < 1.29 is 0 Å². The topological polar surface area (TPSA) is 3.24 Å². The molecule has 6 aliphatic rings. The minimum Gasteiger partial charge on any atom is -0.310 e. The highest BCUT2D eigenvalue weighted by Gasteiger charge is 2.51. The molecular weight excluding hydrogens is 651 g/mol. The summed E-state index contributed by atoms with van der Waals surface area (Å²) in [4.78, 5) is 2.54. The lowest BCUT2D eigenvalue weighted by Gasteiger charge is -2.57. The highest BCUT2D eigenvalue weighted by Crippen LogP contribution is 2.61. The van der Waals surface area contributed by atoms with E-state index in [4.69, 9.17) is 0 Å². The van der Waals surface area contributed by atoms with Crippen LogP contribution in [0.3, 0.4) is 0 Å². The quantitative estimate of drug-likeness (QED) is 0.167. The maximum Gasteiger partial charge on any atom is 0.0465 e. The van der Waals surface area contributed by atoms with Gasteiger partial charge in [-0.25, -0.2) is 0 Å². The van der Waals surface area contributed by atoms with E-state index < -0.39 is 0 Å². The average molecular weight is 704 g/mol. The third kappa shape index (κ3) is 5.17. The van der Waals surface area contributed by atoms with Crippen molar-refractivity contribution in [2.24, 2.45) is 17.8 Å². The minimum absolute atomic E-state index is 0.160. The van der Waals surface area contributed by atoms with Crippen molar-refractivity contribution in [3.8, 4) is 22.3 Å². The zero-order valence-electron chi connectivity index (χ0n) is 32.2. The molecule has 54 heavy (non-hydrogen) atoms. The van der Waals surface area contributed by atoms with E-state index in [1.807, 2.05) is 0 Å². The van der Waals surface area contributed by atoms with Crippen molar-refractivity contribution >= 4 is 27.8 Å². The van der Waals surface area contributed by atoms with E-state index in [-0.39, 0.29) is 5.41 Å². The summed E-state index contributed by atoms with van der Waals surface area (Å²) < 4.78 is 0. The van der Waals surface area contributed by atoms with Crippen LogP contribution in [0.25, 0.3) is 33.0 Å². The Balaban J connectivity index is 1.00. The number of anilines is 3. The van der Waals surface area contributed by atoms with Crippen LogP contribution in [0.4, 0.5) is 17.1 Å². The van der Waals surface area contributed by atoms with Gasteiger partial charge in [0.05, 0.1) is 0 Å². The molecule has 0 N–H and O–H groups in total. The van der Waals surface area contributed by atoms with Crippen molar-refractivity contribution in [2.45, 2.75) is 101 Å². The fourth-order valence-electron chi connectivity index (χ4n) is 12.9. The van der Waals surface area contributed by atoms with E-state index in [0.717, 1.165) is 17.8 Å². The van der Waals surface area contributed by atoms with Crippen molar-refractivity contribution in [3.63, 3.8) is 0 Å². The summed E-state index contributed by atoms with van der Waals surface area (Å²) in [6, 6.07) is 49.5. The van der Waals surface area contributed by atoms with Crippen LogP contribution in [0, 0.1) is 17.8 Å². The predicted octanol–water partition coefficient (Wildman–Crippen LogP) is 14.8. The molecule has 1 nitrogen and oxygen atoms in total. The van der Waals surface area contributed by atoms with Crippen LogP contribution in [0.15, 0.2) is 127 Å². The SMILES string of the molecule is CC1(C)c2cc(N(c3ccc(C4CCCCC4)cc3)c3ccc(C45CC6CC(CC(C6)C4)C5)cc3)ccc2-c2cccc(-c3cccc4ccccc34)c21. The molecular formula is C53H53N. The van der Waals surface area contributed by atoms with Crippen molar-refractivity contribution in [2.75, 3.05) is 4.90 Å². The van der Waals surface area contributed by atoms with Crippen LogP contribution in [0.1, 0.15) is 113 Å². The fraction of sp³-hybridized carbons (Fsp3) is 0.358. The van der Waals surface area contributed by atoms with Gasteiger partial charge in [-0.05, 0) is 172 Å². The third-order valence-electron chi connectivity index (χ3n) is 15.0. The zero-order chi connectivity index (χ0) is 36.0. The van der Waals surface area contributed by atoms with Gasteiger partial charge in [-0.3, -0.25) is 0 Å². The highest BCUT2D eigenvalue weighted by molar-refractivity contribution is 6.00. The van der Waals surface area contributed by atoms with Gasteiger partial charge in [-0.1, -0.05) is 124 Å². The fourth-order valence-corrected chi connectivity index (χ4v) is 12.9. The molecule has 6 aromatic rings. The van der Waals surface area contributed by atoms with E-state index in [9.17, 15) is 0 Å². The van der Waals surface area contributed by atoms with Gasteiger partial charge in [0.2, 0.25) is 0 Å². The molecule has 6 aliphatic carbocycles. The maximum atomic E-state index is 2.54. The number of nitrogens with zero attached hydrogens (tertiary/aromatic N) is 1. The summed E-state index contributed by atoms with van der Waals surface area (Å²) in [6.07, 6.45) is 15.5. The monoisotopic (exact) mass is 703 g/mol. The average Bonchev–Trinajstić information content (AvgIpc) is 3.44. The molecule has 270 valence electrons. The van der Waals surface area contributed by atoms with Gasteiger partial charge in [0.15, 0.2) is 0 Å². The molecule has 5 fully saturated rings. The Morgan fingerprint density at radius 1 is 0.519 bits per heavy atom. The molecule has 4 bridgehead atoms. The Labute approximate surface area is 322 Å². The Kier molecular flexibility index (Phi) is 7.56. The molecule has 0 heterocycles. The lowest BCUT2D eigenvalue weighted by Crippen LogP contribution is -2.48. The lowest BCUT2D eigenvalue weighted by molar-refractivity contribution is -0.00518. The number of hydrogen-bond acceptors (Lipinski definition) is 1. The molecule has 5 saturated carbocycles. The van der Waals surface area contributed by atoms with E-state index in [1.54, 1.807) is 5.56 Å². The standard InChI is InChI=1S/C53H53N/c1-52(2)50-31-44(26-27-47(50)49-17-9-16-48(51(49)52)46-15-8-13-40-12-6-7-14-45(40)46)54(42-22-18-39(19-23-42)38-10-4-3-5-11-38)43-24-20-41(21-25-43)53-32-35-28-36(33-53)30-37(29-35)34-53/h6-9,12-27,31,35-38H,3-5,10-11,28-30,32-34H2,1-2H3. The second-order valence-electron chi connectivity index (χ2n) is 18.6. The molecule has 1 heteroatoms. The first kappa shape index (κ1) is 32.8. The molecule has 0 amide bonds. The first-order valence-corrected chi connectivity index (χ1v) is 21.2. The Bertz CT molecular complexity index is 2330. The van der Waals surface area contributed by atoms with Crippen LogP contribution < -0.4 is 4.90 Å². The molecule has 0 spiro atoms. The van der Waals surface area contributed by atoms with Crippen molar-refractivity contribution in [3.05, 3.63) is 150 Å². The molecule has 0 unspecified atom stereocenters. The first-order chi connectivity index (χ1) is 26.4. The second kappa shape index (κ2) is 12.5. The lowest BCUT2D eigenvalue weighted by atomic mass is 9.48. The normalized spacial score (nSPS) is 25.1. The van der Waals surface area contributed by atoms with Crippen LogP contribution in [0.5, 0.6) is 0 Å². The van der Waals surface area contributed by atoms with Gasteiger partial charge in [0, 0.05) is 22.5 Å². The van der Waals surface area contributed by atoms with E-state index in [0.29, 0.717) is 11.3 Å². The van der Waals surface area contributed by atoms with Gasteiger partial charge in [-0.2, -0.15) is 0 Å².